The third-order valence-electron chi connectivity index (χ3n) is 6.67. The summed E-state index contributed by atoms with van der Waals surface area (Å²) in [6, 6.07) is 6.97. The molecule has 1 aromatic carbocycles. The number of carbonyl (C=O) groups is 1. The van der Waals surface area contributed by atoms with E-state index in [-0.39, 0.29) is 34.8 Å². The Morgan fingerprint density at radius 1 is 1.23 bits per heavy atom. The van der Waals surface area contributed by atoms with E-state index in [4.69, 9.17) is 4.74 Å². The molecule has 1 unspecified atom stereocenters. The first-order valence-electron chi connectivity index (χ1n) is 10.4. The van der Waals surface area contributed by atoms with E-state index in [0.717, 1.165) is 44.4 Å². The van der Waals surface area contributed by atoms with Crippen molar-refractivity contribution in [2.45, 2.75) is 43.2 Å². The molecular weight excluding hydrogens is 438 g/mol. The lowest BCUT2D eigenvalue weighted by Gasteiger charge is -2.45. The molecule has 9 heteroatoms. The molecule has 4 aliphatic rings. The number of rotatable bonds is 3. The molecule has 0 radical (unpaired) electrons. The zero-order valence-electron chi connectivity index (χ0n) is 17.9. The number of hydrogen-bond donors (Lipinski definition) is 1. The minimum absolute atomic E-state index is 0. The number of amides is 1. The Morgan fingerprint density at radius 2 is 1.94 bits per heavy atom. The zero-order valence-corrected chi connectivity index (χ0v) is 19.6. The number of piperidine rings is 3. The van der Waals surface area contributed by atoms with Gasteiger partial charge in [0.15, 0.2) is 15.6 Å². The minimum Gasteiger partial charge on any atom is -0.479 e. The van der Waals surface area contributed by atoms with Gasteiger partial charge in [-0.05, 0) is 70.0 Å². The molecule has 168 valence electrons. The van der Waals surface area contributed by atoms with Gasteiger partial charge < -0.3 is 19.5 Å². The average Bonchev–Trinajstić information content (AvgIpc) is 3.19. The van der Waals surface area contributed by atoms with Crippen molar-refractivity contribution in [2.24, 2.45) is 5.92 Å². The van der Waals surface area contributed by atoms with E-state index in [1.165, 1.54) is 6.07 Å². The van der Waals surface area contributed by atoms with E-state index in [9.17, 15) is 13.2 Å². The molecular formula is C22H28ClN3O4S. The predicted octanol–water partition coefficient (Wildman–Crippen LogP) is 2.75. The van der Waals surface area contributed by atoms with Crippen molar-refractivity contribution in [3.8, 4) is 11.4 Å². The van der Waals surface area contributed by atoms with Gasteiger partial charge in [0.05, 0.1) is 21.8 Å². The van der Waals surface area contributed by atoms with Crippen molar-refractivity contribution in [3.05, 3.63) is 41.7 Å². The molecule has 0 spiro atoms. The normalized spacial score (nSPS) is 25.6. The molecule has 1 aromatic heterocycles. The van der Waals surface area contributed by atoms with Crippen molar-refractivity contribution in [3.63, 3.8) is 0 Å². The SMILES string of the molecule is CC1(C)Oc2c(C(=O)NC3CN4CCC3CC4)cc(S(C)(=O)=O)cc2-n2cccc21.Cl. The summed E-state index contributed by atoms with van der Waals surface area (Å²) < 4.78 is 33.0. The van der Waals surface area contributed by atoms with Gasteiger partial charge in [-0.3, -0.25) is 4.79 Å². The number of benzene rings is 1. The molecule has 7 nitrogen and oxygen atoms in total. The summed E-state index contributed by atoms with van der Waals surface area (Å²) in [5.74, 6) is 0.623. The first-order valence-corrected chi connectivity index (χ1v) is 12.3. The Bertz CT molecular complexity index is 1130. The highest BCUT2D eigenvalue weighted by atomic mass is 35.5. The predicted molar refractivity (Wildman–Crippen MR) is 120 cm³/mol. The van der Waals surface area contributed by atoms with E-state index in [2.05, 4.69) is 10.2 Å². The second kappa shape index (κ2) is 7.53. The highest BCUT2D eigenvalue weighted by Gasteiger charge is 2.38. The van der Waals surface area contributed by atoms with E-state index in [1.54, 1.807) is 6.07 Å². The van der Waals surface area contributed by atoms with Crippen LogP contribution in [0.4, 0.5) is 0 Å². The highest BCUT2D eigenvalue weighted by molar-refractivity contribution is 7.90. The van der Waals surface area contributed by atoms with Crippen LogP contribution in [0.2, 0.25) is 0 Å². The maximum Gasteiger partial charge on any atom is 0.255 e. The first-order chi connectivity index (χ1) is 14.1. The lowest BCUT2D eigenvalue weighted by atomic mass is 9.84. The van der Waals surface area contributed by atoms with E-state index in [1.807, 2.05) is 36.7 Å². The van der Waals surface area contributed by atoms with Crippen molar-refractivity contribution in [1.82, 2.24) is 14.8 Å². The smallest absolute Gasteiger partial charge is 0.255 e. The zero-order chi connectivity index (χ0) is 21.3. The molecule has 6 rings (SSSR count). The van der Waals surface area contributed by atoms with Crippen LogP contribution in [0.1, 0.15) is 42.7 Å². The molecule has 2 bridgehead atoms. The van der Waals surface area contributed by atoms with Crippen LogP contribution < -0.4 is 10.1 Å². The molecule has 1 atom stereocenters. The lowest BCUT2D eigenvalue weighted by Crippen LogP contribution is -2.57. The number of halogens is 1. The van der Waals surface area contributed by atoms with Crippen molar-refractivity contribution in [2.75, 3.05) is 25.9 Å². The molecule has 0 saturated carbocycles. The van der Waals surface area contributed by atoms with Gasteiger partial charge in [0.2, 0.25) is 0 Å². The van der Waals surface area contributed by atoms with Crippen LogP contribution in [-0.4, -0.2) is 55.7 Å². The Kier molecular flexibility index (Phi) is 5.39. The lowest BCUT2D eigenvalue weighted by molar-refractivity contribution is 0.0605. The molecule has 1 N–H and O–H groups in total. The Hall–Kier alpha value is -2.03. The Labute approximate surface area is 189 Å². The second-order valence-corrected chi connectivity index (χ2v) is 11.2. The number of hydrogen-bond acceptors (Lipinski definition) is 5. The Morgan fingerprint density at radius 3 is 2.55 bits per heavy atom. The van der Waals surface area contributed by atoms with Gasteiger partial charge in [0.25, 0.3) is 5.91 Å². The highest BCUT2D eigenvalue weighted by Crippen LogP contribution is 2.42. The standard InChI is InChI=1S/C22H27N3O4S.ClH/c1-22(2)19-5-4-8-25(19)18-12-15(30(3,27)28)11-16(20(18)29-22)21(26)23-17-13-24-9-6-14(17)7-10-24;/h4-5,8,11-12,14,17H,6-7,9-10,13H2,1-3H3,(H,23,26);1H. The molecule has 3 saturated heterocycles. The average molecular weight is 466 g/mol. The van der Waals surface area contributed by atoms with Crippen LogP contribution in [0.25, 0.3) is 5.69 Å². The molecule has 3 fully saturated rings. The summed E-state index contributed by atoms with van der Waals surface area (Å²) in [5.41, 5.74) is 1.12. The van der Waals surface area contributed by atoms with Crippen LogP contribution in [-0.2, 0) is 15.4 Å². The number of aromatic nitrogens is 1. The van der Waals surface area contributed by atoms with Crippen LogP contribution in [0, 0.1) is 5.92 Å². The van der Waals surface area contributed by atoms with E-state index < -0.39 is 15.4 Å². The number of nitrogens with one attached hydrogen (secondary N) is 1. The topological polar surface area (TPSA) is 80.6 Å². The fourth-order valence-corrected chi connectivity index (χ4v) is 5.68. The summed E-state index contributed by atoms with van der Waals surface area (Å²) in [4.78, 5) is 15.9. The summed E-state index contributed by atoms with van der Waals surface area (Å²) >= 11 is 0. The van der Waals surface area contributed by atoms with Gasteiger partial charge >= 0.3 is 0 Å². The van der Waals surface area contributed by atoms with Crippen LogP contribution in [0.15, 0.2) is 35.4 Å². The molecule has 0 aliphatic carbocycles. The molecule has 5 heterocycles. The van der Waals surface area contributed by atoms with Gasteiger partial charge in [-0.25, -0.2) is 8.42 Å². The number of nitrogens with zero attached hydrogens (tertiary/aromatic N) is 2. The molecule has 1 amide bonds. The van der Waals surface area contributed by atoms with Gasteiger partial charge in [-0.1, -0.05) is 0 Å². The maximum atomic E-state index is 13.4. The van der Waals surface area contributed by atoms with Gasteiger partial charge in [-0.15, -0.1) is 12.4 Å². The fourth-order valence-electron chi connectivity index (χ4n) is 5.02. The van der Waals surface area contributed by atoms with Crippen molar-refractivity contribution >= 4 is 28.2 Å². The van der Waals surface area contributed by atoms with Gasteiger partial charge in [0.1, 0.15) is 5.60 Å². The number of ether oxygens (including phenoxy) is 1. The van der Waals surface area contributed by atoms with E-state index in [0.29, 0.717) is 17.4 Å². The number of carbonyl (C=O) groups excluding carboxylic acids is 1. The molecule has 31 heavy (non-hydrogen) atoms. The Balaban J connectivity index is 0.00000231. The monoisotopic (exact) mass is 465 g/mol. The summed E-state index contributed by atoms with van der Waals surface area (Å²) in [6.45, 7) is 6.91. The van der Waals surface area contributed by atoms with Gasteiger partial charge in [-0.2, -0.15) is 0 Å². The van der Waals surface area contributed by atoms with Crippen LogP contribution in [0.5, 0.6) is 5.75 Å². The minimum atomic E-state index is -3.51. The number of fused-ring (bicyclic) bond motifs is 6. The van der Waals surface area contributed by atoms with Gasteiger partial charge in [0, 0.05) is 25.0 Å². The quantitative estimate of drug-likeness (QED) is 0.753. The van der Waals surface area contributed by atoms with Crippen molar-refractivity contribution in [1.29, 1.82) is 0 Å². The third-order valence-corrected chi connectivity index (χ3v) is 7.76. The summed E-state index contributed by atoms with van der Waals surface area (Å²) in [5, 5.41) is 3.18. The summed E-state index contributed by atoms with van der Waals surface area (Å²) in [7, 11) is -3.51. The third kappa shape index (κ3) is 3.75. The van der Waals surface area contributed by atoms with Crippen LogP contribution in [0.3, 0.4) is 0 Å². The maximum absolute atomic E-state index is 13.4. The number of sulfone groups is 1. The first kappa shape index (κ1) is 22.2. The van der Waals surface area contributed by atoms with E-state index >= 15 is 0 Å². The fraction of sp³-hybridized carbons (Fsp3) is 0.500. The molecule has 2 aromatic rings. The second-order valence-electron chi connectivity index (χ2n) is 9.19. The molecule has 4 aliphatic heterocycles. The summed E-state index contributed by atoms with van der Waals surface area (Å²) in [6.07, 6.45) is 5.21. The largest absolute Gasteiger partial charge is 0.479 e. The van der Waals surface area contributed by atoms with Crippen molar-refractivity contribution < 1.29 is 17.9 Å². The van der Waals surface area contributed by atoms with Crippen LogP contribution >= 0.6 is 12.4 Å².